The lowest BCUT2D eigenvalue weighted by Crippen LogP contribution is -2.53. The largest absolute Gasteiger partial charge is 0.375 e. The monoisotopic (exact) mass is 498 g/mol. The van der Waals surface area contributed by atoms with Crippen LogP contribution in [0.1, 0.15) is 18.7 Å². The summed E-state index contributed by atoms with van der Waals surface area (Å²) in [5, 5.41) is 11.7. The molecule has 0 radical (unpaired) electrons. The van der Waals surface area contributed by atoms with Crippen LogP contribution in [-0.4, -0.2) is 71.2 Å². The molecule has 1 N–H and O–H groups in total. The molecule has 0 saturated carbocycles. The van der Waals surface area contributed by atoms with Crippen LogP contribution in [0.5, 0.6) is 0 Å². The fraction of sp³-hybridized carbons (Fsp3) is 0.526. The van der Waals surface area contributed by atoms with E-state index in [2.05, 4.69) is 25.4 Å². The second-order valence-corrected chi connectivity index (χ2v) is 6.76. The highest BCUT2D eigenvalue weighted by Gasteiger charge is 2.32. The molecule has 8 nitrogen and oxygen atoms in total. The minimum Gasteiger partial charge on any atom is -0.375 e. The number of halogens is 1. The van der Waals surface area contributed by atoms with Gasteiger partial charge in [0.25, 0.3) is 0 Å². The quantitative estimate of drug-likeness (QED) is 0.394. The van der Waals surface area contributed by atoms with Gasteiger partial charge in [-0.25, -0.2) is 0 Å². The summed E-state index contributed by atoms with van der Waals surface area (Å²) in [5.41, 5.74) is 1.04. The van der Waals surface area contributed by atoms with Crippen LogP contribution in [0.2, 0.25) is 0 Å². The molecule has 2 aliphatic heterocycles. The molecule has 0 amide bonds. The summed E-state index contributed by atoms with van der Waals surface area (Å²) in [7, 11) is 1.81. The lowest BCUT2D eigenvalue weighted by atomic mass is 10.1. The van der Waals surface area contributed by atoms with Gasteiger partial charge in [-0.2, -0.15) is 0 Å². The van der Waals surface area contributed by atoms with Gasteiger partial charge in [-0.3, -0.25) is 9.56 Å². The predicted molar refractivity (Wildman–Crippen MR) is 117 cm³/mol. The molecular weight excluding hydrogens is 471 g/mol. The Morgan fingerprint density at radius 1 is 1.21 bits per heavy atom. The molecular formula is C19H27IN6O2. The molecule has 4 rings (SSSR count). The number of aliphatic imine (C=N–C) groups is 1. The maximum atomic E-state index is 5.94. The zero-order valence-corrected chi connectivity index (χ0v) is 18.4. The smallest absolute Gasteiger partial charge is 0.194 e. The SMILES string of the molecule is CN=C(NCc1nncn1-c1ccccc1)N1CCOC(C2CCCO2)C1.I. The molecule has 28 heavy (non-hydrogen) atoms. The van der Waals surface area contributed by atoms with Crippen molar-refractivity contribution in [3.8, 4) is 5.69 Å². The molecule has 0 aliphatic carbocycles. The van der Waals surface area contributed by atoms with Gasteiger partial charge < -0.3 is 19.7 Å². The van der Waals surface area contributed by atoms with Crippen molar-refractivity contribution in [1.29, 1.82) is 0 Å². The summed E-state index contributed by atoms with van der Waals surface area (Å²) in [6, 6.07) is 10.1. The number of morpholine rings is 1. The number of nitrogens with zero attached hydrogens (tertiary/aromatic N) is 5. The Hall–Kier alpha value is -1.72. The fourth-order valence-electron chi connectivity index (χ4n) is 3.66. The minimum atomic E-state index is 0. The van der Waals surface area contributed by atoms with Crippen molar-refractivity contribution < 1.29 is 9.47 Å². The van der Waals surface area contributed by atoms with Crippen LogP contribution < -0.4 is 5.32 Å². The summed E-state index contributed by atoms with van der Waals surface area (Å²) in [6.07, 6.45) is 4.23. The van der Waals surface area contributed by atoms with Crippen LogP contribution in [-0.2, 0) is 16.0 Å². The van der Waals surface area contributed by atoms with E-state index < -0.39 is 0 Å². The normalized spacial score (nSPS) is 22.8. The van der Waals surface area contributed by atoms with Gasteiger partial charge >= 0.3 is 0 Å². The van der Waals surface area contributed by atoms with Crippen LogP contribution in [0.4, 0.5) is 0 Å². The van der Waals surface area contributed by atoms with E-state index in [0.717, 1.165) is 50.0 Å². The van der Waals surface area contributed by atoms with Crippen molar-refractivity contribution in [3.05, 3.63) is 42.5 Å². The van der Waals surface area contributed by atoms with Crippen LogP contribution in [0.15, 0.2) is 41.7 Å². The van der Waals surface area contributed by atoms with Crippen LogP contribution in [0, 0.1) is 0 Å². The summed E-state index contributed by atoms with van der Waals surface area (Å²) < 4.78 is 13.7. The highest BCUT2D eigenvalue weighted by molar-refractivity contribution is 14.0. The van der Waals surface area contributed by atoms with Gasteiger partial charge in [-0.15, -0.1) is 34.2 Å². The molecule has 2 atom stereocenters. The number of rotatable bonds is 4. The van der Waals surface area contributed by atoms with Crippen molar-refractivity contribution in [3.63, 3.8) is 0 Å². The molecule has 0 spiro atoms. The average molecular weight is 498 g/mol. The van der Waals surface area contributed by atoms with E-state index in [1.54, 1.807) is 13.4 Å². The number of para-hydroxylation sites is 1. The van der Waals surface area contributed by atoms with Gasteiger partial charge in [0.15, 0.2) is 11.8 Å². The Bertz CT molecular complexity index is 763. The number of benzene rings is 1. The number of hydrogen-bond donors (Lipinski definition) is 1. The topological polar surface area (TPSA) is 76.8 Å². The second kappa shape index (κ2) is 10.2. The van der Waals surface area contributed by atoms with Gasteiger partial charge in [0.1, 0.15) is 12.4 Å². The first-order valence-electron chi connectivity index (χ1n) is 9.48. The van der Waals surface area contributed by atoms with Crippen LogP contribution in [0.3, 0.4) is 0 Å². The van der Waals surface area contributed by atoms with E-state index in [1.807, 2.05) is 34.9 Å². The second-order valence-electron chi connectivity index (χ2n) is 6.76. The Balaban J connectivity index is 0.00000225. The highest BCUT2D eigenvalue weighted by atomic mass is 127. The zero-order valence-electron chi connectivity index (χ0n) is 16.0. The van der Waals surface area contributed by atoms with Gasteiger partial charge in [0.2, 0.25) is 0 Å². The van der Waals surface area contributed by atoms with Gasteiger partial charge in [0.05, 0.1) is 19.3 Å². The first-order valence-corrected chi connectivity index (χ1v) is 9.48. The van der Waals surface area contributed by atoms with E-state index in [1.165, 1.54) is 0 Å². The number of hydrogen-bond acceptors (Lipinski definition) is 5. The molecule has 9 heteroatoms. The summed E-state index contributed by atoms with van der Waals surface area (Å²) in [4.78, 5) is 6.69. The number of nitrogens with one attached hydrogen (secondary N) is 1. The van der Waals surface area contributed by atoms with Gasteiger partial charge in [-0.05, 0) is 25.0 Å². The van der Waals surface area contributed by atoms with E-state index in [4.69, 9.17) is 9.47 Å². The fourth-order valence-corrected chi connectivity index (χ4v) is 3.66. The number of ether oxygens (including phenoxy) is 2. The van der Waals surface area contributed by atoms with Gasteiger partial charge in [0, 0.05) is 32.4 Å². The van der Waals surface area contributed by atoms with Crippen molar-refractivity contribution >= 4 is 29.9 Å². The third-order valence-corrected chi connectivity index (χ3v) is 5.04. The standard InChI is InChI=1S/C19H26N6O2.HI/c1-20-19(24-9-11-27-17(13-24)16-8-5-10-26-16)21-12-18-23-22-14-25(18)15-6-3-2-4-7-15;/h2-4,6-7,14,16-17H,5,8-13H2,1H3,(H,20,21);1H. The van der Waals surface area contributed by atoms with Crippen molar-refractivity contribution in [2.24, 2.45) is 4.99 Å². The predicted octanol–water partition coefficient (Wildman–Crippen LogP) is 1.84. The third kappa shape index (κ3) is 4.81. The Labute approximate surface area is 182 Å². The van der Waals surface area contributed by atoms with Crippen molar-refractivity contribution in [2.75, 3.05) is 33.4 Å². The van der Waals surface area contributed by atoms with Crippen LogP contribution >= 0.6 is 24.0 Å². The Morgan fingerprint density at radius 3 is 2.79 bits per heavy atom. The zero-order chi connectivity index (χ0) is 18.5. The van der Waals surface area contributed by atoms with E-state index >= 15 is 0 Å². The molecule has 1 aromatic heterocycles. The van der Waals surface area contributed by atoms with E-state index in [0.29, 0.717) is 13.2 Å². The summed E-state index contributed by atoms with van der Waals surface area (Å²) in [5.74, 6) is 1.69. The molecule has 2 saturated heterocycles. The average Bonchev–Trinajstić information content (AvgIpc) is 3.42. The maximum absolute atomic E-state index is 5.94. The van der Waals surface area contributed by atoms with Crippen molar-refractivity contribution in [1.82, 2.24) is 25.0 Å². The molecule has 2 unspecified atom stereocenters. The summed E-state index contributed by atoms with van der Waals surface area (Å²) >= 11 is 0. The lowest BCUT2D eigenvalue weighted by Gasteiger charge is -2.37. The number of aromatic nitrogens is 3. The first-order chi connectivity index (χ1) is 13.3. The van der Waals surface area contributed by atoms with E-state index in [-0.39, 0.29) is 36.2 Å². The molecule has 1 aromatic carbocycles. The maximum Gasteiger partial charge on any atom is 0.194 e. The lowest BCUT2D eigenvalue weighted by molar-refractivity contribution is -0.0817. The highest BCUT2D eigenvalue weighted by Crippen LogP contribution is 2.21. The van der Waals surface area contributed by atoms with Crippen molar-refractivity contribution in [2.45, 2.75) is 31.6 Å². The molecule has 2 aliphatic rings. The molecule has 2 fully saturated rings. The molecule has 0 bridgehead atoms. The first kappa shape index (κ1) is 21.0. The minimum absolute atomic E-state index is 0. The molecule has 2 aromatic rings. The third-order valence-electron chi connectivity index (χ3n) is 5.04. The molecule has 3 heterocycles. The van der Waals surface area contributed by atoms with Crippen LogP contribution in [0.25, 0.3) is 5.69 Å². The Morgan fingerprint density at radius 2 is 2.04 bits per heavy atom. The molecule has 152 valence electrons. The van der Waals surface area contributed by atoms with E-state index in [9.17, 15) is 0 Å². The summed E-state index contributed by atoms with van der Waals surface area (Å²) in [6.45, 7) is 3.67. The van der Waals surface area contributed by atoms with Gasteiger partial charge in [-0.1, -0.05) is 18.2 Å². The number of guanidine groups is 1. The Kier molecular flexibility index (Phi) is 7.63.